The molecule has 1 aliphatic rings. The molecule has 0 fully saturated rings. The predicted octanol–water partition coefficient (Wildman–Crippen LogP) is 1.12. The Balaban J connectivity index is 1.84. The van der Waals surface area contributed by atoms with Gasteiger partial charge in [-0.2, -0.15) is 0 Å². The van der Waals surface area contributed by atoms with E-state index in [1.165, 1.54) is 0 Å². The van der Waals surface area contributed by atoms with Crippen molar-refractivity contribution in [2.45, 2.75) is 19.0 Å². The Morgan fingerprint density at radius 2 is 1.91 bits per heavy atom. The number of carbonyl (C=O) groups is 2. The number of hydrogen-bond donors (Lipinski definition) is 1. The van der Waals surface area contributed by atoms with Crippen molar-refractivity contribution in [1.82, 2.24) is 9.47 Å². The number of Topliss-reactive ketones (excluding diaryl/α,β-unsaturated/α-hetero) is 1. The summed E-state index contributed by atoms with van der Waals surface area (Å²) in [5.74, 6) is -0.382. The minimum absolute atomic E-state index is 0.00173. The van der Waals surface area contributed by atoms with Gasteiger partial charge >= 0.3 is 0 Å². The number of nitrogens with two attached hydrogens (primary N) is 1. The molecule has 0 radical (unpaired) electrons. The van der Waals surface area contributed by atoms with Gasteiger partial charge in [-0.15, -0.1) is 0 Å². The quantitative estimate of drug-likeness (QED) is 0.860. The van der Waals surface area contributed by atoms with Crippen LogP contribution in [-0.2, 0) is 24.8 Å². The van der Waals surface area contributed by atoms with E-state index in [4.69, 9.17) is 5.73 Å². The van der Waals surface area contributed by atoms with Gasteiger partial charge in [0, 0.05) is 19.8 Å². The third kappa shape index (κ3) is 2.67. The van der Waals surface area contributed by atoms with Crippen molar-refractivity contribution in [2.24, 2.45) is 12.8 Å². The van der Waals surface area contributed by atoms with E-state index in [0.29, 0.717) is 18.7 Å². The largest absolute Gasteiger partial charge is 0.368 e. The normalized spacial score (nSPS) is 18.0. The smallest absolute Gasteiger partial charge is 0.235 e. The number of amides is 1. The first kappa shape index (κ1) is 14.5. The Morgan fingerprint density at radius 1 is 1.18 bits per heavy atom. The van der Waals surface area contributed by atoms with Gasteiger partial charge in [0.1, 0.15) is 0 Å². The van der Waals surface area contributed by atoms with Crippen LogP contribution in [0.1, 0.15) is 21.6 Å². The monoisotopic (exact) mass is 297 g/mol. The molecule has 114 valence electrons. The van der Waals surface area contributed by atoms with E-state index < -0.39 is 6.04 Å². The fraction of sp³-hybridized carbons (Fsp3) is 0.294. The zero-order chi connectivity index (χ0) is 15.7. The third-order valence-corrected chi connectivity index (χ3v) is 4.25. The van der Waals surface area contributed by atoms with Crippen LogP contribution in [0.5, 0.6) is 0 Å². The minimum Gasteiger partial charge on any atom is -0.368 e. The summed E-state index contributed by atoms with van der Waals surface area (Å²) in [6.45, 7) is 0.764. The molecule has 1 atom stereocenters. The zero-order valence-corrected chi connectivity index (χ0v) is 12.5. The Morgan fingerprint density at radius 3 is 2.55 bits per heavy atom. The highest BCUT2D eigenvalue weighted by Crippen LogP contribution is 2.23. The summed E-state index contributed by atoms with van der Waals surface area (Å²) < 4.78 is 1.79. The lowest BCUT2D eigenvalue weighted by molar-refractivity contribution is -0.123. The van der Waals surface area contributed by atoms with Crippen molar-refractivity contribution in [1.29, 1.82) is 0 Å². The molecule has 0 spiro atoms. The second-order valence-electron chi connectivity index (χ2n) is 5.72. The number of ketones is 1. The van der Waals surface area contributed by atoms with Crippen LogP contribution >= 0.6 is 0 Å². The molecule has 1 aliphatic heterocycles. The molecular formula is C17H19N3O2. The number of carbonyl (C=O) groups excluding carboxylic acids is 2. The van der Waals surface area contributed by atoms with Gasteiger partial charge in [0.05, 0.1) is 18.3 Å². The summed E-state index contributed by atoms with van der Waals surface area (Å²) in [4.78, 5) is 26.1. The predicted molar refractivity (Wildman–Crippen MR) is 83.3 cm³/mol. The molecule has 2 N–H and O–H groups in total. The summed E-state index contributed by atoms with van der Waals surface area (Å²) in [5.41, 5.74) is 8.47. The van der Waals surface area contributed by atoms with E-state index in [-0.39, 0.29) is 18.2 Å². The molecule has 1 aromatic carbocycles. The minimum atomic E-state index is -0.431. The highest BCUT2D eigenvalue weighted by Gasteiger charge is 2.31. The van der Waals surface area contributed by atoms with Gasteiger partial charge in [-0.25, -0.2) is 0 Å². The first-order valence-corrected chi connectivity index (χ1v) is 7.31. The average Bonchev–Trinajstić information content (AvgIpc) is 2.92. The van der Waals surface area contributed by atoms with Crippen LogP contribution in [0.4, 0.5) is 0 Å². The summed E-state index contributed by atoms with van der Waals surface area (Å²) in [7, 11) is 1.84. The SMILES string of the molecule is Cn1cccc1C(=O)CN1Cc2ccccc2CC1C(N)=O. The molecule has 0 saturated carbocycles. The molecule has 2 heterocycles. The van der Waals surface area contributed by atoms with Crippen molar-refractivity contribution in [3.05, 3.63) is 59.4 Å². The van der Waals surface area contributed by atoms with Gasteiger partial charge < -0.3 is 10.3 Å². The highest BCUT2D eigenvalue weighted by molar-refractivity contribution is 5.96. The van der Waals surface area contributed by atoms with Crippen LogP contribution in [0.3, 0.4) is 0 Å². The number of benzene rings is 1. The Hall–Kier alpha value is -2.40. The number of rotatable bonds is 4. The molecule has 0 aliphatic carbocycles. The van der Waals surface area contributed by atoms with E-state index in [1.54, 1.807) is 10.6 Å². The Labute approximate surface area is 129 Å². The summed E-state index contributed by atoms with van der Waals surface area (Å²) in [6.07, 6.45) is 2.40. The van der Waals surface area contributed by atoms with Crippen molar-refractivity contribution in [2.75, 3.05) is 6.54 Å². The van der Waals surface area contributed by atoms with Gasteiger partial charge in [-0.05, 0) is 29.7 Å². The van der Waals surface area contributed by atoms with E-state index in [9.17, 15) is 9.59 Å². The van der Waals surface area contributed by atoms with Gasteiger partial charge in [-0.3, -0.25) is 14.5 Å². The molecule has 1 aromatic heterocycles. The van der Waals surface area contributed by atoms with Gasteiger partial charge in [0.25, 0.3) is 0 Å². The lowest BCUT2D eigenvalue weighted by Gasteiger charge is -2.34. The molecule has 5 heteroatoms. The average molecular weight is 297 g/mol. The molecule has 0 bridgehead atoms. The number of fused-ring (bicyclic) bond motifs is 1. The first-order chi connectivity index (χ1) is 10.6. The van der Waals surface area contributed by atoms with Crippen molar-refractivity contribution < 1.29 is 9.59 Å². The van der Waals surface area contributed by atoms with Crippen LogP contribution in [0.25, 0.3) is 0 Å². The molecule has 1 unspecified atom stereocenters. The van der Waals surface area contributed by atoms with Crippen molar-refractivity contribution in [3.8, 4) is 0 Å². The summed E-state index contributed by atoms with van der Waals surface area (Å²) in [5, 5.41) is 0. The standard InChI is InChI=1S/C17H19N3O2/c1-19-8-4-7-14(19)16(21)11-20-10-13-6-3-2-5-12(13)9-15(20)17(18)22/h2-8,15H,9-11H2,1H3,(H2,18,22). The molecular weight excluding hydrogens is 278 g/mol. The molecule has 2 aromatic rings. The first-order valence-electron chi connectivity index (χ1n) is 7.31. The summed E-state index contributed by atoms with van der Waals surface area (Å²) in [6, 6.07) is 11.2. The zero-order valence-electron chi connectivity index (χ0n) is 12.5. The fourth-order valence-corrected chi connectivity index (χ4v) is 3.04. The number of primary amides is 1. The molecule has 22 heavy (non-hydrogen) atoms. The molecule has 5 nitrogen and oxygen atoms in total. The van der Waals surface area contributed by atoms with Gasteiger partial charge in [-0.1, -0.05) is 24.3 Å². The number of aromatic nitrogens is 1. The number of hydrogen-bond acceptors (Lipinski definition) is 3. The van der Waals surface area contributed by atoms with Crippen LogP contribution in [0, 0.1) is 0 Å². The number of nitrogens with zero attached hydrogens (tertiary/aromatic N) is 2. The van der Waals surface area contributed by atoms with Crippen molar-refractivity contribution >= 4 is 11.7 Å². The molecule has 0 saturated heterocycles. The maximum atomic E-state index is 12.5. The van der Waals surface area contributed by atoms with Crippen LogP contribution in [-0.4, -0.2) is 33.7 Å². The van der Waals surface area contributed by atoms with E-state index in [1.807, 2.05) is 48.5 Å². The third-order valence-electron chi connectivity index (χ3n) is 4.25. The Bertz CT molecular complexity index is 720. The number of aryl methyl sites for hydroxylation is 1. The maximum Gasteiger partial charge on any atom is 0.235 e. The fourth-order valence-electron chi connectivity index (χ4n) is 3.04. The van der Waals surface area contributed by atoms with Crippen LogP contribution < -0.4 is 5.73 Å². The van der Waals surface area contributed by atoms with Crippen molar-refractivity contribution in [3.63, 3.8) is 0 Å². The van der Waals surface area contributed by atoms with Gasteiger partial charge in [0.15, 0.2) is 5.78 Å². The lowest BCUT2D eigenvalue weighted by Crippen LogP contribution is -2.50. The second-order valence-corrected chi connectivity index (χ2v) is 5.72. The summed E-state index contributed by atoms with van der Waals surface area (Å²) >= 11 is 0. The molecule has 1 amide bonds. The topological polar surface area (TPSA) is 68.3 Å². The van der Waals surface area contributed by atoms with E-state index >= 15 is 0 Å². The van der Waals surface area contributed by atoms with Crippen LogP contribution in [0.2, 0.25) is 0 Å². The van der Waals surface area contributed by atoms with E-state index in [2.05, 4.69) is 0 Å². The van der Waals surface area contributed by atoms with Crippen LogP contribution in [0.15, 0.2) is 42.6 Å². The van der Waals surface area contributed by atoms with Gasteiger partial charge in [0.2, 0.25) is 5.91 Å². The second kappa shape index (κ2) is 5.77. The van der Waals surface area contributed by atoms with E-state index in [0.717, 1.165) is 11.1 Å². The molecule has 3 rings (SSSR count). The Kier molecular flexibility index (Phi) is 3.81. The highest BCUT2D eigenvalue weighted by atomic mass is 16.1. The lowest BCUT2D eigenvalue weighted by atomic mass is 9.93. The maximum absolute atomic E-state index is 12.5.